The maximum Gasteiger partial charge on any atom is 0.349 e. The van der Waals surface area contributed by atoms with E-state index in [1.54, 1.807) is 12.1 Å². The highest BCUT2D eigenvalue weighted by Gasteiger charge is 2.71. The van der Waals surface area contributed by atoms with Crippen LogP contribution < -0.4 is 0 Å². The topological polar surface area (TPSA) is 59.1 Å². The number of ether oxygens (including phenoxy) is 2. The van der Waals surface area contributed by atoms with Crippen LogP contribution in [0.25, 0.3) is 0 Å². The lowest BCUT2D eigenvalue weighted by Gasteiger charge is -2.45. The normalized spacial score (nSPS) is 29.0. The van der Waals surface area contributed by atoms with Crippen molar-refractivity contribution < 1.29 is 23.9 Å². The maximum atomic E-state index is 13.1. The van der Waals surface area contributed by atoms with Crippen molar-refractivity contribution in [2.24, 2.45) is 0 Å². The second kappa shape index (κ2) is 10.3. The second-order valence-corrected chi connectivity index (χ2v) is 11.3. The fourth-order valence-corrected chi connectivity index (χ4v) is 6.54. The quantitative estimate of drug-likeness (QED) is 0.372. The Balaban J connectivity index is 0.000000437. The van der Waals surface area contributed by atoms with E-state index in [1.165, 1.54) is 35.5 Å². The lowest BCUT2D eigenvalue weighted by molar-refractivity contribution is -0.938. The molecule has 5 heterocycles. The molecule has 0 aliphatic carbocycles. The number of nitrogens with zero attached hydrogens (tertiary/aromatic N) is 1. The van der Waals surface area contributed by atoms with E-state index in [-0.39, 0.29) is 6.10 Å². The first-order valence-corrected chi connectivity index (χ1v) is 13.5. The van der Waals surface area contributed by atoms with E-state index in [0.29, 0.717) is 34.0 Å². The molecule has 4 atom stereocenters. The van der Waals surface area contributed by atoms with Crippen molar-refractivity contribution in [3.05, 3.63) is 44.8 Å². The monoisotopic (exact) mass is 480 g/mol. The van der Waals surface area contributed by atoms with Crippen LogP contribution >= 0.6 is 22.7 Å². The number of carbonyl (C=O) groups excluding carboxylic acids is 1. The van der Waals surface area contributed by atoms with Gasteiger partial charge in [0.1, 0.15) is 30.4 Å². The Kier molecular flexibility index (Phi) is 8.20. The van der Waals surface area contributed by atoms with Crippen LogP contribution in [0.5, 0.6) is 0 Å². The molecule has 2 aromatic heterocycles. The molecule has 178 valence electrons. The van der Waals surface area contributed by atoms with Crippen LogP contribution in [-0.4, -0.2) is 60.0 Å². The smallest absolute Gasteiger partial charge is 0.349 e. The first-order chi connectivity index (χ1) is 15.2. The number of morpholine rings is 1. The number of hydrogen-bond acceptors (Lipinski definition) is 6. The predicted octanol–water partition coefficient (Wildman–Crippen LogP) is 5.18. The van der Waals surface area contributed by atoms with Crippen molar-refractivity contribution in [1.29, 1.82) is 0 Å². The molecular weight excluding hydrogens is 442 g/mol. The van der Waals surface area contributed by atoms with Crippen molar-refractivity contribution in [3.63, 3.8) is 0 Å². The van der Waals surface area contributed by atoms with Gasteiger partial charge in [-0.2, -0.15) is 0 Å². The van der Waals surface area contributed by atoms with Crippen LogP contribution in [0.1, 0.15) is 63.1 Å². The molecule has 0 amide bonds. The Morgan fingerprint density at radius 3 is 1.84 bits per heavy atom. The van der Waals surface area contributed by atoms with Crippen molar-refractivity contribution in [1.82, 2.24) is 0 Å². The van der Waals surface area contributed by atoms with E-state index in [0.717, 1.165) is 17.3 Å². The van der Waals surface area contributed by atoms with Gasteiger partial charge in [0.2, 0.25) is 5.60 Å². The fraction of sp³-hybridized carbons (Fsp3) is 0.640. The molecule has 0 aromatic carbocycles. The third-order valence-electron chi connectivity index (χ3n) is 6.36. The molecule has 1 N–H and O–H groups in total. The summed E-state index contributed by atoms with van der Waals surface area (Å²) in [5.41, 5.74) is -1.72. The summed E-state index contributed by atoms with van der Waals surface area (Å²) in [5.74, 6) is -0.561. The van der Waals surface area contributed by atoms with E-state index in [4.69, 9.17) is 9.47 Å². The molecule has 0 saturated carbocycles. The van der Waals surface area contributed by atoms with E-state index >= 15 is 0 Å². The Labute approximate surface area is 200 Å². The number of esters is 1. The first kappa shape index (κ1) is 25.4. The zero-order valence-corrected chi connectivity index (χ0v) is 21.7. The van der Waals surface area contributed by atoms with E-state index in [1.807, 2.05) is 22.9 Å². The lowest BCUT2D eigenvalue weighted by atomic mass is 9.95. The minimum absolute atomic E-state index is 0.161. The van der Waals surface area contributed by atoms with E-state index in [2.05, 4.69) is 41.8 Å². The highest BCUT2D eigenvalue weighted by atomic mass is 32.1. The summed E-state index contributed by atoms with van der Waals surface area (Å²) in [6.07, 6.45) is 4.55. The Bertz CT molecular complexity index is 793. The average Bonchev–Trinajstić information content (AvgIpc) is 3.10. The molecule has 5 rings (SSSR count). The van der Waals surface area contributed by atoms with Gasteiger partial charge in [0.25, 0.3) is 0 Å². The van der Waals surface area contributed by atoms with Crippen LogP contribution in [0.15, 0.2) is 35.0 Å². The number of piperidine rings is 1. The molecule has 3 aliphatic heterocycles. The van der Waals surface area contributed by atoms with Crippen molar-refractivity contribution in [2.45, 2.75) is 89.4 Å². The number of thiophene rings is 2. The van der Waals surface area contributed by atoms with Gasteiger partial charge in [0, 0.05) is 12.8 Å². The summed E-state index contributed by atoms with van der Waals surface area (Å²) >= 11 is 2.74. The summed E-state index contributed by atoms with van der Waals surface area (Å²) in [6.45, 7) is 8.50. The van der Waals surface area contributed by atoms with Crippen LogP contribution in [0.2, 0.25) is 0 Å². The number of epoxide rings is 1. The van der Waals surface area contributed by atoms with Gasteiger partial charge >= 0.3 is 5.97 Å². The van der Waals surface area contributed by atoms with Gasteiger partial charge in [0.15, 0.2) is 0 Å². The molecule has 2 aromatic rings. The molecule has 0 spiro atoms. The summed E-state index contributed by atoms with van der Waals surface area (Å²) < 4.78 is 12.6. The largest absolute Gasteiger partial charge is 0.459 e. The fourth-order valence-electron chi connectivity index (χ4n) is 4.83. The molecule has 3 fully saturated rings. The van der Waals surface area contributed by atoms with Gasteiger partial charge in [-0.25, -0.2) is 4.79 Å². The Morgan fingerprint density at radius 2 is 1.47 bits per heavy atom. The molecular formula is C25H38NO4S2+. The number of carbonyl (C=O) groups is 1. The second-order valence-electron chi connectivity index (χ2n) is 9.41. The van der Waals surface area contributed by atoms with Gasteiger partial charge in [-0.15, -0.1) is 22.7 Å². The number of hydrogen-bond donors (Lipinski definition) is 1. The van der Waals surface area contributed by atoms with Crippen LogP contribution in [0.3, 0.4) is 0 Å². The number of quaternary nitrogens is 1. The zero-order valence-electron chi connectivity index (χ0n) is 20.1. The Hall–Kier alpha value is -1.25. The van der Waals surface area contributed by atoms with Crippen molar-refractivity contribution >= 4 is 28.6 Å². The summed E-state index contributed by atoms with van der Waals surface area (Å²) in [5, 5.41) is 15.1. The predicted molar refractivity (Wildman–Crippen MR) is 131 cm³/mol. The highest BCUT2D eigenvalue weighted by Crippen LogP contribution is 2.52. The molecule has 3 aliphatic rings. The third-order valence-corrected chi connectivity index (χ3v) is 8.32. The van der Waals surface area contributed by atoms with Gasteiger partial charge in [-0.3, -0.25) is 0 Å². The standard InChI is InChI=1S/C19H22NO4S2.2C3H8/c1-20(2)12-9-11(10-13(20)17-16(12)24-17)23-18(21)19(22,14-5-3-7-25-14)15-6-4-8-26-15;2*1-3-2/h3-8,11-13,16-17,22H,9-10H2,1-2H3;2*3H2,1-2H3/q+1;;. The molecule has 5 nitrogen and oxygen atoms in total. The van der Waals surface area contributed by atoms with Crippen LogP contribution in [0.4, 0.5) is 0 Å². The first-order valence-electron chi connectivity index (χ1n) is 11.8. The average molecular weight is 481 g/mol. The van der Waals surface area contributed by atoms with Gasteiger partial charge in [-0.1, -0.05) is 52.7 Å². The maximum absolute atomic E-state index is 13.1. The van der Waals surface area contributed by atoms with Gasteiger partial charge in [-0.05, 0) is 22.9 Å². The Morgan fingerprint density at radius 1 is 1.03 bits per heavy atom. The highest BCUT2D eigenvalue weighted by molar-refractivity contribution is 7.12. The third kappa shape index (κ3) is 4.68. The SMILES string of the molecule is CCC.CCC.C[N+]1(C)C2CC(OC(=O)C(O)(c3cccs3)c3cccs3)CC1C1OC12. The van der Waals surface area contributed by atoms with Crippen LogP contribution in [0, 0.1) is 0 Å². The molecule has 4 unspecified atom stereocenters. The summed E-state index contributed by atoms with van der Waals surface area (Å²) in [7, 11) is 4.49. The zero-order chi connectivity index (χ0) is 23.5. The van der Waals surface area contributed by atoms with E-state index in [9.17, 15) is 9.90 Å². The van der Waals surface area contributed by atoms with Crippen LogP contribution in [-0.2, 0) is 19.9 Å². The van der Waals surface area contributed by atoms with Gasteiger partial charge < -0.3 is 19.1 Å². The summed E-state index contributed by atoms with van der Waals surface area (Å²) in [6, 6.07) is 8.01. The van der Waals surface area contributed by atoms with E-state index < -0.39 is 11.6 Å². The molecule has 0 radical (unpaired) electrons. The number of rotatable bonds is 4. The minimum Gasteiger partial charge on any atom is -0.459 e. The van der Waals surface area contributed by atoms with Gasteiger partial charge in [0.05, 0.1) is 23.8 Å². The number of aliphatic hydroxyl groups is 1. The molecule has 3 saturated heterocycles. The lowest BCUT2D eigenvalue weighted by Crippen LogP contribution is -2.60. The van der Waals surface area contributed by atoms with Crippen molar-refractivity contribution in [3.8, 4) is 0 Å². The number of likely N-dealkylation sites (N-methyl/N-ethyl adjacent to an activating group) is 1. The molecule has 32 heavy (non-hydrogen) atoms. The summed E-state index contributed by atoms with van der Waals surface area (Å²) in [4.78, 5) is 14.3. The molecule has 2 bridgehead atoms. The minimum atomic E-state index is -1.72. The van der Waals surface area contributed by atoms with Crippen molar-refractivity contribution in [2.75, 3.05) is 14.1 Å². The molecule has 7 heteroatoms. The number of fused-ring (bicyclic) bond motifs is 5.